The van der Waals surface area contributed by atoms with E-state index >= 15 is 0 Å². The summed E-state index contributed by atoms with van der Waals surface area (Å²) in [6, 6.07) is 6.66. The van der Waals surface area contributed by atoms with Crippen LogP contribution in [0.4, 0.5) is 0 Å². The highest BCUT2D eigenvalue weighted by Crippen LogP contribution is 2.29. The van der Waals surface area contributed by atoms with Crippen molar-refractivity contribution in [3.8, 4) is 5.75 Å². The van der Waals surface area contributed by atoms with Gasteiger partial charge in [-0.05, 0) is 68.2 Å². The molecule has 2 aliphatic rings. The lowest BCUT2D eigenvalue weighted by Crippen LogP contribution is -2.22. The lowest BCUT2D eigenvalue weighted by Gasteiger charge is -2.25. The van der Waals surface area contributed by atoms with Crippen LogP contribution >= 0.6 is 0 Å². The lowest BCUT2D eigenvalue weighted by atomic mass is 9.86. The lowest BCUT2D eigenvalue weighted by molar-refractivity contribution is 0.0534. The molecule has 23 heavy (non-hydrogen) atoms. The summed E-state index contributed by atoms with van der Waals surface area (Å²) < 4.78 is 11.8. The predicted octanol–water partition coefficient (Wildman–Crippen LogP) is 5.32. The fourth-order valence-corrected chi connectivity index (χ4v) is 4.20. The minimum Gasteiger partial charge on any atom is -0.494 e. The van der Waals surface area contributed by atoms with Gasteiger partial charge < -0.3 is 9.47 Å². The quantitative estimate of drug-likeness (QED) is 0.634. The molecular weight excluding hydrogens is 284 g/mol. The van der Waals surface area contributed by atoms with Crippen molar-refractivity contribution >= 4 is 0 Å². The van der Waals surface area contributed by atoms with Crippen LogP contribution in [0.25, 0.3) is 0 Å². The van der Waals surface area contributed by atoms with E-state index in [-0.39, 0.29) is 0 Å². The molecule has 0 radical (unpaired) electrons. The molecule has 2 nitrogen and oxygen atoms in total. The standard InChI is InChI=1S/C21H32O2/c1-2-22-20-12-10-19-16-21(13-11-18(19)15-20)23-14-6-9-17-7-4-3-5-8-17/h11,13,16-17,20H,2-10,12,14-15H2,1H3. The van der Waals surface area contributed by atoms with Crippen LogP contribution in [0.15, 0.2) is 18.2 Å². The van der Waals surface area contributed by atoms with E-state index in [0.717, 1.165) is 44.1 Å². The van der Waals surface area contributed by atoms with Crippen molar-refractivity contribution < 1.29 is 9.47 Å². The Morgan fingerprint density at radius 3 is 2.74 bits per heavy atom. The molecule has 0 N–H and O–H groups in total. The molecule has 3 rings (SSSR count). The van der Waals surface area contributed by atoms with Crippen molar-refractivity contribution in [1.82, 2.24) is 0 Å². The van der Waals surface area contributed by atoms with E-state index in [9.17, 15) is 0 Å². The molecule has 0 bridgehead atoms. The van der Waals surface area contributed by atoms with Gasteiger partial charge in [-0.25, -0.2) is 0 Å². The summed E-state index contributed by atoms with van der Waals surface area (Å²) in [6.07, 6.45) is 13.5. The third-order valence-corrected chi connectivity index (χ3v) is 5.51. The first-order chi connectivity index (χ1) is 11.3. The minimum absolute atomic E-state index is 0.412. The van der Waals surface area contributed by atoms with Crippen molar-refractivity contribution in [2.45, 2.75) is 77.2 Å². The summed E-state index contributed by atoms with van der Waals surface area (Å²) in [5, 5.41) is 0. The van der Waals surface area contributed by atoms with E-state index in [1.165, 1.54) is 56.1 Å². The molecule has 1 aromatic carbocycles. The molecule has 2 aliphatic carbocycles. The summed E-state index contributed by atoms with van der Waals surface area (Å²) in [5.41, 5.74) is 2.91. The van der Waals surface area contributed by atoms with Gasteiger partial charge in [-0.15, -0.1) is 0 Å². The Morgan fingerprint density at radius 1 is 1.04 bits per heavy atom. The molecular formula is C21H32O2. The Bertz CT molecular complexity index is 477. The maximum absolute atomic E-state index is 6.01. The average Bonchev–Trinajstić information content (AvgIpc) is 2.60. The second-order valence-corrected chi connectivity index (χ2v) is 7.25. The zero-order valence-corrected chi connectivity index (χ0v) is 14.7. The van der Waals surface area contributed by atoms with Crippen molar-refractivity contribution in [2.75, 3.05) is 13.2 Å². The smallest absolute Gasteiger partial charge is 0.119 e. The number of ether oxygens (including phenoxy) is 2. The van der Waals surface area contributed by atoms with E-state index in [1.807, 2.05) is 0 Å². The van der Waals surface area contributed by atoms with Gasteiger partial charge in [-0.2, -0.15) is 0 Å². The van der Waals surface area contributed by atoms with Gasteiger partial charge in [0, 0.05) is 6.61 Å². The summed E-state index contributed by atoms with van der Waals surface area (Å²) in [7, 11) is 0. The van der Waals surface area contributed by atoms with Crippen LogP contribution in [0.2, 0.25) is 0 Å². The van der Waals surface area contributed by atoms with Gasteiger partial charge in [0.1, 0.15) is 5.75 Å². The van der Waals surface area contributed by atoms with Crippen LogP contribution < -0.4 is 4.74 Å². The Kier molecular flexibility index (Phi) is 6.38. The van der Waals surface area contributed by atoms with E-state index in [0.29, 0.717) is 6.10 Å². The molecule has 128 valence electrons. The molecule has 1 fully saturated rings. The fraction of sp³-hybridized carbons (Fsp3) is 0.714. The summed E-state index contributed by atoms with van der Waals surface area (Å²) >= 11 is 0. The second kappa shape index (κ2) is 8.73. The Labute approximate surface area is 141 Å². The number of fused-ring (bicyclic) bond motifs is 1. The van der Waals surface area contributed by atoms with Crippen molar-refractivity contribution in [1.29, 1.82) is 0 Å². The van der Waals surface area contributed by atoms with Crippen molar-refractivity contribution in [3.05, 3.63) is 29.3 Å². The first kappa shape index (κ1) is 16.8. The van der Waals surface area contributed by atoms with E-state index in [1.54, 1.807) is 0 Å². The van der Waals surface area contributed by atoms with Gasteiger partial charge in [0.15, 0.2) is 0 Å². The Morgan fingerprint density at radius 2 is 1.91 bits per heavy atom. The molecule has 0 aliphatic heterocycles. The Hall–Kier alpha value is -1.02. The predicted molar refractivity (Wildman–Crippen MR) is 95.2 cm³/mol. The number of hydrogen-bond acceptors (Lipinski definition) is 2. The minimum atomic E-state index is 0.412. The SMILES string of the molecule is CCOC1CCc2cc(OCCCC3CCCCC3)ccc2C1. The molecule has 1 unspecified atom stereocenters. The second-order valence-electron chi connectivity index (χ2n) is 7.25. The molecule has 1 saturated carbocycles. The summed E-state index contributed by atoms with van der Waals surface area (Å²) in [4.78, 5) is 0. The van der Waals surface area contributed by atoms with Crippen LogP contribution in [0.3, 0.4) is 0 Å². The zero-order chi connectivity index (χ0) is 15.9. The van der Waals surface area contributed by atoms with E-state index in [2.05, 4.69) is 25.1 Å². The number of benzene rings is 1. The van der Waals surface area contributed by atoms with Crippen LogP contribution in [-0.2, 0) is 17.6 Å². The maximum Gasteiger partial charge on any atom is 0.119 e. The van der Waals surface area contributed by atoms with Gasteiger partial charge in [-0.3, -0.25) is 0 Å². The molecule has 0 aromatic heterocycles. The number of rotatable bonds is 7. The van der Waals surface area contributed by atoms with Crippen LogP contribution in [0.5, 0.6) is 5.75 Å². The molecule has 0 spiro atoms. The molecule has 1 aromatic rings. The monoisotopic (exact) mass is 316 g/mol. The fourth-order valence-electron chi connectivity index (χ4n) is 4.20. The number of hydrogen-bond donors (Lipinski definition) is 0. The van der Waals surface area contributed by atoms with Gasteiger partial charge in [0.05, 0.1) is 12.7 Å². The largest absolute Gasteiger partial charge is 0.494 e. The third kappa shape index (κ3) is 4.97. The van der Waals surface area contributed by atoms with Crippen LogP contribution in [-0.4, -0.2) is 19.3 Å². The molecule has 2 heteroatoms. The molecule has 1 atom stereocenters. The van der Waals surface area contributed by atoms with Gasteiger partial charge >= 0.3 is 0 Å². The van der Waals surface area contributed by atoms with Gasteiger partial charge in [0.2, 0.25) is 0 Å². The van der Waals surface area contributed by atoms with Gasteiger partial charge in [-0.1, -0.05) is 38.2 Å². The first-order valence-corrected chi connectivity index (χ1v) is 9.71. The van der Waals surface area contributed by atoms with E-state index < -0.39 is 0 Å². The van der Waals surface area contributed by atoms with Crippen LogP contribution in [0, 0.1) is 5.92 Å². The highest BCUT2D eigenvalue weighted by molar-refractivity contribution is 5.37. The van der Waals surface area contributed by atoms with Crippen molar-refractivity contribution in [3.63, 3.8) is 0 Å². The summed E-state index contributed by atoms with van der Waals surface area (Å²) in [5.74, 6) is 2.02. The normalized spacial score (nSPS) is 21.9. The highest BCUT2D eigenvalue weighted by atomic mass is 16.5. The third-order valence-electron chi connectivity index (χ3n) is 5.51. The van der Waals surface area contributed by atoms with E-state index in [4.69, 9.17) is 9.47 Å². The topological polar surface area (TPSA) is 18.5 Å². The van der Waals surface area contributed by atoms with Crippen LogP contribution in [0.1, 0.15) is 69.4 Å². The molecule has 0 saturated heterocycles. The van der Waals surface area contributed by atoms with Crippen molar-refractivity contribution in [2.24, 2.45) is 5.92 Å². The maximum atomic E-state index is 6.01. The molecule has 0 heterocycles. The first-order valence-electron chi connectivity index (χ1n) is 9.71. The van der Waals surface area contributed by atoms with Gasteiger partial charge in [0.25, 0.3) is 0 Å². The zero-order valence-electron chi connectivity index (χ0n) is 14.7. The highest BCUT2D eigenvalue weighted by Gasteiger charge is 2.19. The Balaban J connectivity index is 1.42. The molecule has 0 amide bonds. The number of aryl methyl sites for hydroxylation is 1. The summed E-state index contributed by atoms with van der Waals surface area (Å²) in [6.45, 7) is 3.78. The average molecular weight is 316 g/mol.